The summed E-state index contributed by atoms with van der Waals surface area (Å²) in [6, 6.07) is -2.89. The highest BCUT2D eigenvalue weighted by Gasteiger charge is 2.34. The van der Waals surface area contributed by atoms with E-state index in [-0.39, 0.29) is 0 Å². The predicted octanol–water partition coefficient (Wildman–Crippen LogP) is -0.948. The number of nitrogens with zero attached hydrogens (tertiary/aromatic N) is 1. The van der Waals surface area contributed by atoms with Crippen LogP contribution in [-0.4, -0.2) is 59.6 Å². The minimum atomic E-state index is -1.42. The molecule has 0 aliphatic carbocycles. The maximum atomic E-state index is 12.1. The number of piperidine rings is 1. The first-order valence-electron chi connectivity index (χ1n) is 6.53. The Bertz CT molecular complexity index is 439. The molecule has 1 aliphatic rings. The molecule has 9 nitrogen and oxygen atoms in total. The Balaban J connectivity index is 2.76. The number of carbonyl (C=O) groups is 4. The number of urea groups is 1. The zero-order chi connectivity index (χ0) is 16.0. The number of methoxy groups -OCH3 is 1. The lowest BCUT2D eigenvalue weighted by Gasteiger charge is -2.34. The van der Waals surface area contributed by atoms with Gasteiger partial charge < -0.3 is 25.8 Å². The molecule has 2 atom stereocenters. The molecule has 118 valence electrons. The molecule has 1 fully saturated rings. The SMILES string of the molecule is COC(=O)C1CCCCN1C(=O)N[C@@H](CC(N)=O)C(=O)O. The van der Waals surface area contributed by atoms with Gasteiger partial charge in [0.05, 0.1) is 13.5 Å². The molecule has 0 bridgehead atoms. The van der Waals surface area contributed by atoms with E-state index in [0.717, 1.165) is 6.42 Å². The van der Waals surface area contributed by atoms with E-state index < -0.39 is 42.4 Å². The first-order chi connectivity index (χ1) is 9.86. The lowest BCUT2D eigenvalue weighted by Crippen LogP contribution is -2.55. The van der Waals surface area contributed by atoms with E-state index in [1.165, 1.54) is 12.0 Å². The normalized spacial score (nSPS) is 19.5. The fourth-order valence-electron chi connectivity index (χ4n) is 2.19. The largest absolute Gasteiger partial charge is 0.480 e. The molecule has 1 saturated heterocycles. The number of hydrogen-bond acceptors (Lipinski definition) is 5. The van der Waals surface area contributed by atoms with Crippen molar-refractivity contribution in [2.75, 3.05) is 13.7 Å². The van der Waals surface area contributed by atoms with Crippen LogP contribution in [0.5, 0.6) is 0 Å². The van der Waals surface area contributed by atoms with Crippen LogP contribution in [0, 0.1) is 0 Å². The number of rotatable bonds is 5. The van der Waals surface area contributed by atoms with Gasteiger partial charge in [-0.1, -0.05) is 0 Å². The first-order valence-corrected chi connectivity index (χ1v) is 6.53. The van der Waals surface area contributed by atoms with Crippen molar-refractivity contribution in [3.05, 3.63) is 0 Å². The van der Waals surface area contributed by atoms with Gasteiger partial charge in [0.1, 0.15) is 12.1 Å². The molecule has 0 aromatic carbocycles. The Morgan fingerprint density at radius 1 is 1.38 bits per heavy atom. The molecule has 9 heteroatoms. The third kappa shape index (κ3) is 4.62. The number of esters is 1. The zero-order valence-corrected chi connectivity index (χ0v) is 11.7. The molecule has 4 N–H and O–H groups in total. The van der Waals surface area contributed by atoms with Gasteiger partial charge in [0, 0.05) is 6.54 Å². The minimum absolute atomic E-state index is 0.314. The number of carboxylic acids is 1. The summed E-state index contributed by atoms with van der Waals surface area (Å²) in [6.07, 6.45) is 1.41. The van der Waals surface area contributed by atoms with Crippen LogP contribution in [0.2, 0.25) is 0 Å². The number of aliphatic carboxylic acids is 1. The lowest BCUT2D eigenvalue weighted by atomic mass is 10.0. The van der Waals surface area contributed by atoms with Gasteiger partial charge in [-0.05, 0) is 19.3 Å². The molecular formula is C12H19N3O6. The number of amides is 3. The van der Waals surface area contributed by atoms with Crippen LogP contribution in [0.15, 0.2) is 0 Å². The minimum Gasteiger partial charge on any atom is -0.480 e. The second-order valence-electron chi connectivity index (χ2n) is 4.74. The van der Waals surface area contributed by atoms with Gasteiger partial charge in [0.15, 0.2) is 0 Å². The van der Waals surface area contributed by atoms with Gasteiger partial charge in [-0.3, -0.25) is 4.79 Å². The van der Waals surface area contributed by atoms with Gasteiger partial charge in [0.2, 0.25) is 5.91 Å². The summed E-state index contributed by atoms with van der Waals surface area (Å²) < 4.78 is 4.64. The first kappa shape index (κ1) is 16.7. The van der Waals surface area contributed by atoms with Gasteiger partial charge in [0.25, 0.3) is 0 Å². The van der Waals surface area contributed by atoms with Crippen molar-refractivity contribution in [1.29, 1.82) is 0 Å². The highest BCUT2D eigenvalue weighted by atomic mass is 16.5. The third-order valence-corrected chi connectivity index (χ3v) is 3.24. The molecule has 1 heterocycles. The quantitative estimate of drug-likeness (QED) is 0.560. The summed E-state index contributed by atoms with van der Waals surface area (Å²) in [5, 5.41) is 11.2. The molecule has 0 spiro atoms. The number of carbonyl (C=O) groups excluding carboxylic acids is 3. The fraction of sp³-hybridized carbons (Fsp3) is 0.667. The summed E-state index contributed by atoms with van der Waals surface area (Å²) in [6.45, 7) is 0.314. The molecular weight excluding hydrogens is 282 g/mol. The molecule has 0 aromatic rings. The Hall–Kier alpha value is -2.32. The average Bonchev–Trinajstić information content (AvgIpc) is 2.45. The Kier molecular flexibility index (Phi) is 5.94. The smallest absolute Gasteiger partial charge is 0.328 e. The summed E-state index contributed by atoms with van der Waals surface area (Å²) in [5.41, 5.74) is 4.94. The molecule has 1 unspecified atom stereocenters. The molecule has 1 rings (SSSR count). The summed E-state index contributed by atoms with van der Waals surface area (Å²) in [7, 11) is 1.22. The number of primary amides is 1. The number of hydrogen-bond donors (Lipinski definition) is 3. The third-order valence-electron chi connectivity index (χ3n) is 3.24. The second-order valence-corrected chi connectivity index (χ2v) is 4.74. The number of ether oxygens (including phenoxy) is 1. The van der Waals surface area contributed by atoms with Crippen molar-refractivity contribution in [3.8, 4) is 0 Å². The lowest BCUT2D eigenvalue weighted by molar-refractivity contribution is -0.147. The van der Waals surface area contributed by atoms with Gasteiger partial charge in [-0.2, -0.15) is 0 Å². The highest BCUT2D eigenvalue weighted by Crippen LogP contribution is 2.18. The van der Waals surface area contributed by atoms with Crippen LogP contribution < -0.4 is 11.1 Å². The topological polar surface area (TPSA) is 139 Å². The Morgan fingerprint density at radius 3 is 2.57 bits per heavy atom. The van der Waals surface area contributed by atoms with Crippen LogP contribution in [0.1, 0.15) is 25.7 Å². The van der Waals surface area contributed by atoms with Crippen molar-refractivity contribution in [2.45, 2.75) is 37.8 Å². The number of nitrogens with two attached hydrogens (primary N) is 1. The van der Waals surface area contributed by atoms with Crippen LogP contribution in [0.4, 0.5) is 4.79 Å². The average molecular weight is 301 g/mol. The van der Waals surface area contributed by atoms with E-state index in [9.17, 15) is 19.2 Å². The van der Waals surface area contributed by atoms with Gasteiger partial charge in [-0.25, -0.2) is 14.4 Å². The van der Waals surface area contributed by atoms with E-state index >= 15 is 0 Å². The van der Waals surface area contributed by atoms with Gasteiger partial charge in [-0.15, -0.1) is 0 Å². The maximum absolute atomic E-state index is 12.1. The van der Waals surface area contributed by atoms with Crippen molar-refractivity contribution in [3.63, 3.8) is 0 Å². The van der Waals surface area contributed by atoms with Crippen LogP contribution in [-0.2, 0) is 19.1 Å². The Labute approximate surface area is 121 Å². The summed E-state index contributed by atoms with van der Waals surface area (Å²) in [4.78, 5) is 46.8. The Morgan fingerprint density at radius 2 is 2.05 bits per heavy atom. The maximum Gasteiger partial charge on any atom is 0.328 e. The van der Waals surface area contributed by atoms with Crippen LogP contribution in [0.3, 0.4) is 0 Å². The molecule has 1 aliphatic heterocycles. The molecule has 3 amide bonds. The van der Waals surface area contributed by atoms with E-state index in [4.69, 9.17) is 10.8 Å². The van der Waals surface area contributed by atoms with Crippen molar-refractivity contribution < 1.29 is 29.0 Å². The zero-order valence-electron chi connectivity index (χ0n) is 11.7. The summed E-state index contributed by atoms with van der Waals surface area (Å²) >= 11 is 0. The van der Waals surface area contributed by atoms with Crippen LogP contribution in [0.25, 0.3) is 0 Å². The van der Waals surface area contributed by atoms with Gasteiger partial charge >= 0.3 is 18.0 Å². The van der Waals surface area contributed by atoms with Crippen molar-refractivity contribution in [1.82, 2.24) is 10.2 Å². The fourth-order valence-corrected chi connectivity index (χ4v) is 2.19. The number of carboxylic acid groups (broad SMARTS) is 1. The van der Waals surface area contributed by atoms with E-state index in [0.29, 0.717) is 19.4 Å². The van der Waals surface area contributed by atoms with E-state index in [2.05, 4.69) is 10.1 Å². The number of likely N-dealkylation sites (tertiary alicyclic amines) is 1. The summed E-state index contributed by atoms with van der Waals surface area (Å²) in [5.74, 6) is -2.76. The monoisotopic (exact) mass is 301 g/mol. The second kappa shape index (κ2) is 7.46. The molecule has 0 aromatic heterocycles. The van der Waals surface area contributed by atoms with Crippen molar-refractivity contribution >= 4 is 23.9 Å². The number of nitrogens with one attached hydrogen (secondary N) is 1. The van der Waals surface area contributed by atoms with E-state index in [1.807, 2.05) is 0 Å². The molecule has 21 heavy (non-hydrogen) atoms. The molecule has 0 saturated carbocycles. The van der Waals surface area contributed by atoms with Crippen molar-refractivity contribution in [2.24, 2.45) is 5.73 Å². The predicted molar refractivity (Wildman–Crippen MR) is 70.1 cm³/mol. The van der Waals surface area contributed by atoms with E-state index in [1.54, 1.807) is 0 Å². The van der Waals surface area contributed by atoms with Crippen LogP contribution >= 0.6 is 0 Å². The standard InChI is InChI=1S/C12H19N3O6/c1-21-11(19)8-4-2-3-5-15(8)12(20)14-7(10(17)18)6-9(13)16/h7-8H,2-6H2,1H3,(H2,13,16)(H,14,20)(H,17,18)/t7-,8?/m0/s1. The molecule has 0 radical (unpaired) electrons. The highest BCUT2D eigenvalue weighted by molar-refractivity contribution is 5.89.